The Balaban J connectivity index is 1.41. The fraction of sp³-hybridized carbons (Fsp3) is 0.111. The largest absolute Gasteiger partial charge is 0.459 e. The lowest BCUT2D eigenvalue weighted by molar-refractivity contribution is -0.147. The van der Waals surface area contributed by atoms with Crippen molar-refractivity contribution in [3.8, 4) is 11.5 Å². The minimum atomic E-state index is -0.800. The first-order valence-corrected chi connectivity index (χ1v) is 11.4. The van der Waals surface area contributed by atoms with Gasteiger partial charge in [-0.25, -0.2) is 4.79 Å². The number of rotatable bonds is 9. The summed E-state index contributed by atoms with van der Waals surface area (Å²) in [6.45, 7) is 0.0744. The molecule has 1 unspecified atom stereocenters. The van der Waals surface area contributed by atoms with Crippen molar-refractivity contribution < 1.29 is 19.1 Å². The quantitative estimate of drug-likeness (QED) is 0.331. The van der Waals surface area contributed by atoms with Crippen LogP contribution in [-0.2, 0) is 22.6 Å². The molecule has 0 aliphatic carbocycles. The standard InChI is InChI=1S/C27H23NO4S/c29-26(25-15-8-16-33-25)28-24(18-20-9-3-1-4-10-20)27(30)31-19-21-11-7-14-23(17-21)32-22-12-5-2-6-13-22/h1-17,24H,18-19H2,(H,28,29). The number of ether oxygens (including phenoxy) is 2. The second-order valence-electron chi connectivity index (χ2n) is 7.36. The molecule has 0 saturated carbocycles. The molecule has 1 N–H and O–H groups in total. The molecule has 0 bridgehead atoms. The first-order valence-electron chi connectivity index (χ1n) is 10.5. The van der Waals surface area contributed by atoms with E-state index in [1.54, 1.807) is 12.1 Å². The number of esters is 1. The fourth-order valence-corrected chi connectivity index (χ4v) is 3.89. The second kappa shape index (κ2) is 11.1. The highest BCUT2D eigenvalue weighted by molar-refractivity contribution is 7.12. The Hall–Kier alpha value is -3.90. The normalized spacial score (nSPS) is 11.4. The molecule has 0 aliphatic rings. The third-order valence-corrected chi connectivity index (χ3v) is 5.74. The predicted molar refractivity (Wildman–Crippen MR) is 128 cm³/mol. The summed E-state index contributed by atoms with van der Waals surface area (Å²) in [6, 6.07) is 29.1. The Morgan fingerprint density at radius 2 is 1.48 bits per heavy atom. The summed E-state index contributed by atoms with van der Waals surface area (Å²) in [5, 5.41) is 4.64. The van der Waals surface area contributed by atoms with Crippen LogP contribution in [0.5, 0.6) is 11.5 Å². The first-order chi connectivity index (χ1) is 16.2. The summed E-state index contributed by atoms with van der Waals surface area (Å²) < 4.78 is 11.4. The molecular formula is C27H23NO4S. The van der Waals surface area contributed by atoms with Gasteiger partial charge in [0.15, 0.2) is 0 Å². The van der Waals surface area contributed by atoms with E-state index in [0.29, 0.717) is 17.0 Å². The molecule has 0 saturated heterocycles. The van der Waals surface area contributed by atoms with Crippen molar-refractivity contribution in [2.24, 2.45) is 0 Å². The molecule has 0 aliphatic heterocycles. The molecule has 6 heteroatoms. The zero-order valence-corrected chi connectivity index (χ0v) is 18.7. The lowest BCUT2D eigenvalue weighted by Gasteiger charge is -2.18. The maximum atomic E-state index is 12.9. The van der Waals surface area contributed by atoms with Gasteiger partial charge in [-0.2, -0.15) is 0 Å². The number of amides is 1. The van der Waals surface area contributed by atoms with Gasteiger partial charge < -0.3 is 14.8 Å². The number of hydrogen-bond donors (Lipinski definition) is 1. The summed E-state index contributed by atoms with van der Waals surface area (Å²) >= 11 is 1.33. The number of carbonyl (C=O) groups excluding carboxylic acids is 2. The van der Waals surface area contributed by atoms with Gasteiger partial charge in [0.25, 0.3) is 5.91 Å². The van der Waals surface area contributed by atoms with Gasteiger partial charge in [0.05, 0.1) is 4.88 Å². The van der Waals surface area contributed by atoms with Gasteiger partial charge in [-0.15, -0.1) is 11.3 Å². The van der Waals surface area contributed by atoms with Gasteiger partial charge in [0, 0.05) is 6.42 Å². The van der Waals surface area contributed by atoms with Crippen LogP contribution < -0.4 is 10.1 Å². The summed E-state index contributed by atoms with van der Waals surface area (Å²) in [5.41, 5.74) is 1.73. The van der Waals surface area contributed by atoms with Crippen molar-refractivity contribution in [2.75, 3.05) is 0 Å². The summed E-state index contributed by atoms with van der Waals surface area (Å²) in [5.74, 6) is 0.603. The van der Waals surface area contributed by atoms with Gasteiger partial charge >= 0.3 is 5.97 Å². The molecule has 1 atom stereocenters. The lowest BCUT2D eigenvalue weighted by Crippen LogP contribution is -2.43. The average molecular weight is 458 g/mol. The van der Waals surface area contributed by atoms with E-state index in [1.165, 1.54) is 11.3 Å². The first kappa shape index (κ1) is 22.3. The highest BCUT2D eigenvalue weighted by Crippen LogP contribution is 2.22. The van der Waals surface area contributed by atoms with Gasteiger partial charge in [-0.1, -0.05) is 66.7 Å². The molecule has 1 amide bonds. The molecule has 166 valence electrons. The van der Waals surface area contributed by atoms with Crippen LogP contribution in [0.1, 0.15) is 20.8 Å². The number of carbonyl (C=O) groups is 2. The van der Waals surface area contributed by atoms with Crippen molar-refractivity contribution in [3.63, 3.8) is 0 Å². The number of hydrogen-bond acceptors (Lipinski definition) is 5. The van der Waals surface area contributed by atoms with Crippen LogP contribution in [0.2, 0.25) is 0 Å². The molecule has 33 heavy (non-hydrogen) atoms. The number of thiophene rings is 1. The molecule has 4 aromatic rings. The smallest absolute Gasteiger partial charge is 0.329 e. The van der Waals surface area contributed by atoms with E-state index in [2.05, 4.69) is 5.32 Å². The minimum Gasteiger partial charge on any atom is -0.459 e. The zero-order valence-electron chi connectivity index (χ0n) is 17.8. The topological polar surface area (TPSA) is 64.6 Å². The van der Waals surface area contributed by atoms with E-state index in [-0.39, 0.29) is 12.5 Å². The van der Waals surface area contributed by atoms with Crippen molar-refractivity contribution in [2.45, 2.75) is 19.1 Å². The van der Waals surface area contributed by atoms with Crippen LogP contribution in [0.3, 0.4) is 0 Å². The van der Waals surface area contributed by atoms with E-state index in [9.17, 15) is 9.59 Å². The van der Waals surface area contributed by atoms with Crippen LogP contribution >= 0.6 is 11.3 Å². The maximum absolute atomic E-state index is 12.9. The predicted octanol–water partition coefficient (Wildman–Crippen LogP) is 5.62. The van der Waals surface area contributed by atoms with Gasteiger partial charge in [-0.3, -0.25) is 4.79 Å². The highest BCUT2D eigenvalue weighted by atomic mass is 32.1. The van der Waals surface area contributed by atoms with Gasteiger partial charge in [0.2, 0.25) is 0 Å². The number of para-hydroxylation sites is 1. The maximum Gasteiger partial charge on any atom is 0.329 e. The SMILES string of the molecule is O=C(NC(Cc1ccccc1)C(=O)OCc1cccc(Oc2ccccc2)c1)c1cccs1. The fourth-order valence-electron chi connectivity index (χ4n) is 3.26. The average Bonchev–Trinajstić information content (AvgIpc) is 3.39. The summed E-state index contributed by atoms with van der Waals surface area (Å²) in [7, 11) is 0. The third-order valence-electron chi connectivity index (χ3n) is 4.88. The lowest BCUT2D eigenvalue weighted by atomic mass is 10.1. The molecule has 3 aromatic carbocycles. The monoisotopic (exact) mass is 457 g/mol. The van der Waals surface area contributed by atoms with Crippen LogP contribution in [0, 0.1) is 0 Å². The van der Waals surface area contributed by atoms with Crippen LogP contribution in [0.15, 0.2) is 102 Å². The Morgan fingerprint density at radius 1 is 0.788 bits per heavy atom. The van der Waals surface area contributed by atoms with Crippen LogP contribution in [-0.4, -0.2) is 17.9 Å². The van der Waals surface area contributed by atoms with Crippen molar-refractivity contribution in [3.05, 3.63) is 118 Å². The number of benzene rings is 3. The molecule has 1 heterocycles. The van der Waals surface area contributed by atoms with Gasteiger partial charge in [-0.05, 0) is 46.8 Å². The Bertz CT molecular complexity index is 1180. The van der Waals surface area contributed by atoms with Crippen LogP contribution in [0.4, 0.5) is 0 Å². The van der Waals surface area contributed by atoms with E-state index in [4.69, 9.17) is 9.47 Å². The minimum absolute atomic E-state index is 0.0744. The molecular weight excluding hydrogens is 434 g/mol. The molecule has 0 spiro atoms. The van der Waals surface area contributed by atoms with Crippen molar-refractivity contribution >= 4 is 23.2 Å². The molecule has 4 rings (SSSR count). The van der Waals surface area contributed by atoms with Crippen LogP contribution in [0.25, 0.3) is 0 Å². The second-order valence-corrected chi connectivity index (χ2v) is 8.31. The van der Waals surface area contributed by atoms with Gasteiger partial charge in [0.1, 0.15) is 24.1 Å². The Labute approximate surface area is 196 Å². The molecule has 0 fully saturated rings. The van der Waals surface area contributed by atoms with Crippen molar-refractivity contribution in [1.82, 2.24) is 5.32 Å². The highest BCUT2D eigenvalue weighted by Gasteiger charge is 2.24. The van der Waals surface area contributed by atoms with Crippen molar-refractivity contribution in [1.29, 1.82) is 0 Å². The third kappa shape index (κ3) is 6.54. The number of nitrogens with one attached hydrogen (secondary N) is 1. The zero-order chi connectivity index (χ0) is 22.9. The summed E-state index contributed by atoms with van der Waals surface area (Å²) in [4.78, 5) is 26.1. The Morgan fingerprint density at radius 3 is 2.21 bits per heavy atom. The summed E-state index contributed by atoms with van der Waals surface area (Å²) in [6.07, 6.45) is 0.341. The molecule has 5 nitrogen and oxygen atoms in total. The van der Waals surface area contributed by atoms with E-state index >= 15 is 0 Å². The Kier molecular flexibility index (Phi) is 7.51. The van der Waals surface area contributed by atoms with E-state index in [1.807, 2.05) is 90.3 Å². The van der Waals surface area contributed by atoms with E-state index < -0.39 is 12.0 Å². The molecule has 0 radical (unpaired) electrons. The molecule has 1 aromatic heterocycles. The van der Waals surface area contributed by atoms with E-state index in [0.717, 1.165) is 16.9 Å².